The Morgan fingerprint density at radius 2 is 1.70 bits per heavy atom. The Morgan fingerprint density at radius 1 is 1.04 bits per heavy atom. The van der Waals surface area contributed by atoms with E-state index in [1.807, 2.05) is 24.3 Å². The number of hydrogen-bond donors (Lipinski definition) is 2. The van der Waals surface area contributed by atoms with Crippen molar-refractivity contribution in [3.8, 4) is 0 Å². The maximum absolute atomic E-state index is 11.0. The monoisotopic (exact) mass is 310 g/mol. The van der Waals surface area contributed by atoms with E-state index in [0.717, 1.165) is 43.9 Å². The van der Waals surface area contributed by atoms with Gasteiger partial charge < -0.3 is 10.4 Å². The molecule has 120 valence electrons. The summed E-state index contributed by atoms with van der Waals surface area (Å²) < 4.78 is 0. The van der Waals surface area contributed by atoms with E-state index in [0.29, 0.717) is 0 Å². The minimum atomic E-state index is -0.657. The molecule has 0 spiro atoms. The largest absolute Gasteiger partial charge is 0.481 e. The number of para-hydroxylation sites is 2. The van der Waals surface area contributed by atoms with Crippen LogP contribution in [-0.2, 0) is 11.3 Å². The molecule has 3 rings (SSSR count). The Hall–Kier alpha value is -2.33. The number of piperidine rings is 1. The predicted molar refractivity (Wildman–Crippen MR) is 91.8 cm³/mol. The summed E-state index contributed by atoms with van der Waals surface area (Å²) in [6.07, 6.45) is 1.48. The van der Waals surface area contributed by atoms with Gasteiger partial charge in [0, 0.05) is 17.9 Å². The first-order valence-corrected chi connectivity index (χ1v) is 8.07. The quantitative estimate of drug-likeness (QED) is 0.883. The van der Waals surface area contributed by atoms with Crippen LogP contribution in [0.1, 0.15) is 18.4 Å². The molecule has 2 N–H and O–H groups in total. The van der Waals surface area contributed by atoms with Gasteiger partial charge in [-0.05, 0) is 49.7 Å². The lowest BCUT2D eigenvalue weighted by Crippen LogP contribution is -2.35. The number of carboxylic acids is 1. The number of hydrogen-bond acceptors (Lipinski definition) is 3. The summed E-state index contributed by atoms with van der Waals surface area (Å²) in [4.78, 5) is 13.4. The third kappa shape index (κ3) is 4.11. The summed E-state index contributed by atoms with van der Waals surface area (Å²) in [5, 5.41) is 12.6. The maximum Gasteiger partial charge on any atom is 0.306 e. The van der Waals surface area contributed by atoms with Crippen molar-refractivity contribution in [3.05, 3.63) is 60.2 Å². The Morgan fingerprint density at radius 3 is 2.39 bits per heavy atom. The van der Waals surface area contributed by atoms with Crippen LogP contribution in [0.25, 0.3) is 0 Å². The van der Waals surface area contributed by atoms with Gasteiger partial charge in [-0.15, -0.1) is 0 Å². The summed E-state index contributed by atoms with van der Waals surface area (Å²) in [6, 6.07) is 18.4. The Bertz CT molecular complexity index is 649. The van der Waals surface area contributed by atoms with Crippen LogP contribution < -0.4 is 5.32 Å². The molecule has 4 nitrogen and oxygen atoms in total. The van der Waals surface area contributed by atoms with Crippen LogP contribution in [0.5, 0.6) is 0 Å². The molecule has 0 radical (unpaired) electrons. The van der Waals surface area contributed by atoms with Gasteiger partial charge in [-0.1, -0.05) is 36.4 Å². The standard InChI is InChI=1S/C19H22N2O2/c22-19(23)15-10-12-21(13-11-15)14-16-6-4-5-9-18(16)20-17-7-2-1-3-8-17/h1-9,15,20H,10-14H2,(H,22,23). The molecule has 2 aromatic rings. The molecule has 0 atom stereocenters. The molecule has 1 saturated heterocycles. The highest BCUT2D eigenvalue weighted by molar-refractivity contribution is 5.70. The molecule has 0 aliphatic carbocycles. The molecular weight excluding hydrogens is 288 g/mol. The zero-order valence-corrected chi connectivity index (χ0v) is 13.1. The second-order valence-corrected chi connectivity index (χ2v) is 6.04. The van der Waals surface area contributed by atoms with E-state index >= 15 is 0 Å². The third-order valence-electron chi connectivity index (χ3n) is 4.40. The zero-order valence-electron chi connectivity index (χ0n) is 13.1. The summed E-state index contributed by atoms with van der Waals surface area (Å²) >= 11 is 0. The second-order valence-electron chi connectivity index (χ2n) is 6.04. The number of carbonyl (C=O) groups is 1. The van der Waals surface area contributed by atoms with Gasteiger partial charge in [0.1, 0.15) is 0 Å². The number of likely N-dealkylation sites (tertiary alicyclic amines) is 1. The lowest BCUT2D eigenvalue weighted by atomic mass is 9.96. The summed E-state index contributed by atoms with van der Waals surface area (Å²) in [7, 11) is 0. The first-order valence-electron chi connectivity index (χ1n) is 8.07. The van der Waals surface area contributed by atoms with Crippen molar-refractivity contribution in [2.45, 2.75) is 19.4 Å². The number of aliphatic carboxylic acids is 1. The van der Waals surface area contributed by atoms with E-state index in [1.54, 1.807) is 0 Å². The van der Waals surface area contributed by atoms with Crippen molar-refractivity contribution in [1.29, 1.82) is 0 Å². The summed E-state index contributed by atoms with van der Waals surface area (Å²) in [5.41, 5.74) is 3.42. The molecule has 2 aromatic carbocycles. The van der Waals surface area contributed by atoms with Crippen molar-refractivity contribution >= 4 is 17.3 Å². The average Bonchev–Trinajstić information content (AvgIpc) is 2.58. The summed E-state index contributed by atoms with van der Waals surface area (Å²) in [6.45, 7) is 2.54. The number of carboxylic acid groups (broad SMARTS) is 1. The molecule has 1 heterocycles. The maximum atomic E-state index is 11.0. The fraction of sp³-hybridized carbons (Fsp3) is 0.316. The first-order chi connectivity index (χ1) is 11.2. The normalized spacial score (nSPS) is 16.2. The van der Waals surface area contributed by atoms with Crippen molar-refractivity contribution in [3.63, 3.8) is 0 Å². The third-order valence-corrected chi connectivity index (χ3v) is 4.40. The van der Waals surface area contributed by atoms with E-state index in [2.05, 4.69) is 40.5 Å². The van der Waals surface area contributed by atoms with Crippen LogP contribution in [0.3, 0.4) is 0 Å². The first kappa shape index (κ1) is 15.6. The lowest BCUT2D eigenvalue weighted by molar-refractivity contribution is -0.143. The predicted octanol–water partition coefficient (Wildman–Crippen LogP) is 3.73. The van der Waals surface area contributed by atoms with Gasteiger partial charge in [0.15, 0.2) is 0 Å². The molecule has 1 aliphatic heterocycles. The number of nitrogens with one attached hydrogen (secondary N) is 1. The van der Waals surface area contributed by atoms with Crippen LogP contribution in [0, 0.1) is 5.92 Å². The van der Waals surface area contributed by atoms with Gasteiger partial charge in [-0.2, -0.15) is 0 Å². The van der Waals surface area contributed by atoms with Crippen LogP contribution in [0.15, 0.2) is 54.6 Å². The molecular formula is C19H22N2O2. The number of anilines is 2. The molecule has 4 heteroatoms. The van der Waals surface area contributed by atoms with Crippen LogP contribution in [0.2, 0.25) is 0 Å². The fourth-order valence-corrected chi connectivity index (χ4v) is 3.04. The fourth-order valence-electron chi connectivity index (χ4n) is 3.04. The van der Waals surface area contributed by atoms with E-state index in [9.17, 15) is 4.79 Å². The average molecular weight is 310 g/mol. The number of nitrogens with zero attached hydrogens (tertiary/aromatic N) is 1. The molecule has 1 fully saturated rings. The van der Waals surface area contributed by atoms with Gasteiger partial charge in [0.05, 0.1) is 5.92 Å². The highest BCUT2D eigenvalue weighted by Crippen LogP contribution is 2.24. The molecule has 0 saturated carbocycles. The van der Waals surface area contributed by atoms with Crippen molar-refractivity contribution in [2.75, 3.05) is 18.4 Å². The van der Waals surface area contributed by atoms with Gasteiger partial charge in [-0.3, -0.25) is 9.69 Å². The molecule has 0 amide bonds. The van der Waals surface area contributed by atoms with Gasteiger partial charge in [-0.25, -0.2) is 0 Å². The van der Waals surface area contributed by atoms with Gasteiger partial charge >= 0.3 is 5.97 Å². The van der Waals surface area contributed by atoms with Gasteiger partial charge in [0.25, 0.3) is 0 Å². The van der Waals surface area contributed by atoms with E-state index in [-0.39, 0.29) is 5.92 Å². The minimum Gasteiger partial charge on any atom is -0.481 e. The zero-order chi connectivity index (χ0) is 16.1. The topological polar surface area (TPSA) is 52.6 Å². The van der Waals surface area contributed by atoms with Crippen LogP contribution in [0.4, 0.5) is 11.4 Å². The minimum absolute atomic E-state index is 0.177. The molecule has 0 bridgehead atoms. The highest BCUT2D eigenvalue weighted by Gasteiger charge is 2.24. The second kappa shape index (κ2) is 7.29. The Labute approximate surface area is 136 Å². The van der Waals surface area contributed by atoms with Gasteiger partial charge in [0.2, 0.25) is 0 Å². The molecule has 0 aromatic heterocycles. The van der Waals surface area contributed by atoms with Crippen molar-refractivity contribution in [1.82, 2.24) is 4.90 Å². The van der Waals surface area contributed by atoms with Crippen LogP contribution in [-0.4, -0.2) is 29.1 Å². The van der Waals surface area contributed by atoms with E-state index < -0.39 is 5.97 Å². The highest BCUT2D eigenvalue weighted by atomic mass is 16.4. The van der Waals surface area contributed by atoms with Crippen LogP contribution >= 0.6 is 0 Å². The Balaban J connectivity index is 1.66. The Kier molecular flexibility index (Phi) is 4.93. The molecule has 23 heavy (non-hydrogen) atoms. The number of benzene rings is 2. The van der Waals surface area contributed by atoms with Crippen molar-refractivity contribution in [2.24, 2.45) is 5.92 Å². The molecule has 1 aliphatic rings. The summed E-state index contributed by atoms with van der Waals surface area (Å²) in [5.74, 6) is -0.834. The molecule has 0 unspecified atom stereocenters. The lowest BCUT2D eigenvalue weighted by Gasteiger charge is -2.30. The number of rotatable bonds is 5. The van der Waals surface area contributed by atoms with E-state index in [1.165, 1.54) is 5.56 Å². The SMILES string of the molecule is O=C(O)C1CCN(Cc2ccccc2Nc2ccccc2)CC1. The van der Waals surface area contributed by atoms with E-state index in [4.69, 9.17) is 5.11 Å². The van der Waals surface area contributed by atoms with Crippen molar-refractivity contribution < 1.29 is 9.90 Å². The smallest absolute Gasteiger partial charge is 0.306 e.